The zero-order valence-electron chi connectivity index (χ0n) is 17.8. The Morgan fingerprint density at radius 2 is 1.83 bits per heavy atom. The molecule has 2 aliphatic heterocycles. The lowest BCUT2D eigenvalue weighted by atomic mass is 10.1. The van der Waals surface area contributed by atoms with Crippen molar-refractivity contribution in [3.05, 3.63) is 28.9 Å². The Bertz CT molecular complexity index is 898. The van der Waals surface area contributed by atoms with E-state index in [0.29, 0.717) is 22.7 Å². The molecule has 0 bridgehead atoms. The number of halogens is 1. The quantitative estimate of drug-likeness (QED) is 0.694. The first-order valence-electron chi connectivity index (χ1n) is 11.8. The number of aromatic amines is 1. The Kier molecular flexibility index (Phi) is 5.92. The molecular weight excluding hydrogens is 396 g/mol. The second kappa shape index (κ2) is 8.80. The smallest absolute Gasteiger partial charge is 0.270 e. The number of likely N-dealkylation sites (tertiary alicyclic amines) is 2. The van der Waals surface area contributed by atoms with Crippen LogP contribution in [0.4, 0.5) is 5.69 Å². The summed E-state index contributed by atoms with van der Waals surface area (Å²) in [4.78, 5) is 21.3. The van der Waals surface area contributed by atoms with Gasteiger partial charge in [-0.1, -0.05) is 30.9 Å². The molecule has 1 unspecified atom stereocenters. The summed E-state index contributed by atoms with van der Waals surface area (Å²) in [5.41, 5.74) is 2.70. The van der Waals surface area contributed by atoms with Crippen molar-refractivity contribution >= 4 is 34.1 Å². The van der Waals surface area contributed by atoms with Crippen LogP contribution in [0.3, 0.4) is 0 Å². The fourth-order valence-corrected chi connectivity index (χ4v) is 5.80. The lowest BCUT2D eigenvalue weighted by Gasteiger charge is -2.28. The summed E-state index contributed by atoms with van der Waals surface area (Å²) in [6, 6.07) is 6.41. The van der Waals surface area contributed by atoms with Crippen LogP contribution in [0.15, 0.2) is 18.2 Å². The molecule has 0 spiro atoms. The third kappa shape index (κ3) is 4.33. The molecule has 5 rings (SSSR count). The molecule has 0 radical (unpaired) electrons. The zero-order valence-corrected chi connectivity index (χ0v) is 18.5. The Labute approximate surface area is 184 Å². The normalized spacial score (nSPS) is 23.5. The molecule has 6 heteroatoms. The van der Waals surface area contributed by atoms with Crippen LogP contribution >= 0.6 is 11.6 Å². The fraction of sp³-hybridized carbons (Fsp3) is 0.625. The number of hydrogen-bond donors (Lipinski definition) is 2. The van der Waals surface area contributed by atoms with Crippen LogP contribution in [0.25, 0.3) is 10.9 Å². The maximum atomic E-state index is 13.2. The number of carbonyl (C=O) groups is 1. The van der Waals surface area contributed by atoms with Crippen molar-refractivity contribution in [3.63, 3.8) is 0 Å². The average molecular weight is 429 g/mol. The van der Waals surface area contributed by atoms with E-state index in [1.54, 1.807) is 0 Å². The van der Waals surface area contributed by atoms with Crippen molar-refractivity contribution in [1.29, 1.82) is 0 Å². The molecule has 1 saturated carbocycles. The highest BCUT2D eigenvalue weighted by atomic mass is 35.5. The molecule has 2 aromatic rings. The first-order chi connectivity index (χ1) is 14.7. The van der Waals surface area contributed by atoms with Gasteiger partial charge in [0.05, 0.1) is 11.2 Å². The summed E-state index contributed by atoms with van der Waals surface area (Å²) in [6.07, 6.45) is 10.1. The monoisotopic (exact) mass is 428 g/mol. The summed E-state index contributed by atoms with van der Waals surface area (Å²) < 4.78 is 0. The van der Waals surface area contributed by atoms with Gasteiger partial charge in [-0.2, -0.15) is 0 Å². The predicted molar refractivity (Wildman–Crippen MR) is 123 cm³/mol. The minimum absolute atomic E-state index is 0.121. The van der Waals surface area contributed by atoms with E-state index < -0.39 is 0 Å². The number of amides is 1. The number of H-pyrrole nitrogens is 1. The van der Waals surface area contributed by atoms with Gasteiger partial charge in [0.1, 0.15) is 5.69 Å². The summed E-state index contributed by atoms with van der Waals surface area (Å²) >= 11 is 6.38. The highest BCUT2D eigenvalue weighted by molar-refractivity contribution is 6.32. The van der Waals surface area contributed by atoms with Crippen LogP contribution in [0.1, 0.15) is 61.9 Å². The largest absolute Gasteiger partial charge is 0.381 e. The number of aromatic nitrogens is 1. The van der Waals surface area contributed by atoms with Crippen molar-refractivity contribution in [2.24, 2.45) is 5.92 Å². The third-order valence-electron chi connectivity index (χ3n) is 7.18. The van der Waals surface area contributed by atoms with Crippen LogP contribution in [0.5, 0.6) is 0 Å². The molecule has 2 N–H and O–H groups in total. The molecule has 3 heterocycles. The minimum Gasteiger partial charge on any atom is -0.381 e. The van der Waals surface area contributed by atoms with E-state index in [-0.39, 0.29) is 5.91 Å². The average Bonchev–Trinajstić information content (AvgIpc) is 3.49. The van der Waals surface area contributed by atoms with E-state index in [1.807, 2.05) is 23.1 Å². The van der Waals surface area contributed by atoms with E-state index in [0.717, 1.165) is 42.6 Å². The summed E-state index contributed by atoms with van der Waals surface area (Å²) in [5, 5.41) is 5.37. The number of nitrogens with zero attached hydrogens (tertiary/aromatic N) is 2. The molecule has 162 valence electrons. The van der Waals surface area contributed by atoms with Crippen LogP contribution in [0.2, 0.25) is 5.02 Å². The van der Waals surface area contributed by atoms with Gasteiger partial charge in [0, 0.05) is 36.1 Å². The number of fused-ring (bicyclic) bond motifs is 1. The Hall–Kier alpha value is -1.72. The second-order valence-electron chi connectivity index (χ2n) is 9.49. The first-order valence-corrected chi connectivity index (χ1v) is 12.1. The van der Waals surface area contributed by atoms with Gasteiger partial charge in [-0.3, -0.25) is 4.79 Å². The molecule has 1 aliphatic carbocycles. The number of piperidine rings is 1. The van der Waals surface area contributed by atoms with E-state index in [4.69, 9.17) is 11.6 Å². The van der Waals surface area contributed by atoms with Crippen molar-refractivity contribution in [1.82, 2.24) is 14.8 Å². The standard InChI is InChI=1S/C24H33ClN4O/c25-19-12-18-13-22(27-23(18)21(14-19)26-20-6-2-3-7-20)24(30)29-11-8-17(16-29)15-28-9-4-1-5-10-28/h12-14,17,20,26-27H,1-11,15-16H2. The van der Waals surface area contributed by atoms with E-state index in [2.05, 4.69) is 15.2 Å². The number of anilines is 1. The van der Waals surface area contributed by atoms with Crippen LogP contribution in [0, 0.1) is 5.92 Å². The lowest BCUT2D eigenvalue weighted by Crippen LogP contribution is -2.36. The van der Waals surface area contributed by atoms with Gasteiger partial charge in [-0.25, -0.2) is 0 Å². The highest BCUT2D eigenvalue weighted by Gasteiger charge is 2.29. The van der Waals surface area contributed by atoms with Crippen LogP contribution < -0.4 is 5.32 Å². The number of benzene rings is 1. The van der Waals surface area contributed by atoms with Gasteiger partial charge in [-0.15, -0.1) is 0 Å². The van der Waals surface area contributed by atoms with E-state index in [1.165, 1.54) is 58.0 Å². The molecule has 1 aromatic heterocycles. The summed E-state index contributed by atoms with van der Waals surface area (Å²) in [6.45, 7) is 5.33. The summed E-state index contributed by atoms with van der Waals surface area (Å²) in [5.74, 6) is 0.723. The van der Waals surface area contributed by atoms with E-state index >= 15 is 0 Å². The minimum atomic E-state index is 0.121. The Balaban J connectivity index is 1.29. The third-order valence-corrected chi connectivity index (χ3v) is 7.39. The van der Waals surface area contributed by atoms with Gasteiger partial charge in [0.25, 0.3) is 5.91 Å². The van der Waals surface area contributed by atoms with Crippen molar-refractivity contribution in [3.8, 4) is 0 Å². The van der Waals surface area contributed by atoms with Crippen LogP contribution in [-0.2, 0) is 0 Å². The number of rotatable bonds is 5. The topological polar surface area (TPSA) is 51.4 Å². The van der Waals surface area contributed by atoms with Gasteiger partial charge >= 0.3 is 0 Å². The van der Waals surface area contributed by atoms with Gasteiger partial charge in [0.15, 0.2) is 0 Å². The molecule has 3 aliphatic rings. The molecular formula is C24H33ClN4O. The number of carbonyl (C=O) groups excluding carboxylic acids is 1. The maximum absolute atomic E-state index is 13.2. The first kappa shape index (κ1) is 20.2. The molecule has 2 saturated heterocycles. The maximum Gasteiger partial charge on any atom is 0.270 e. The molecule has 1 aromatic carbocycles. The SMILES string of the molecule is O=C(c1cc2cc(Cl)cc(NC3CCCC3)c2[nH]1)N1CCC(CN2CCCCC2)C1. The Morgan fingerprint density at radius 1 is 1.03 bits per heavy atom. The molecule has 1 amide bonds. The lowest BCUT2D eigenvalue weighted by molar-refractivity contribution is 0.0777. The summed E-state index contributed by atoms with van der Waals surface area (Å²) in [7, 11) is 0. The Morgan fingerprint density at radius 3 is 2.63 bits per heavy atom. The second-order valence-corrected chi connectivity index (χ2v) is 9.93. The number of nitrogens with one attached hydrogen (secondary N) is 2. The number of hydrogen-bond acceptors (Lipinski definition) is 3. The fourth-order valence-electron chi connectivity index (χ4n) is 5.57. The molecule has 1 atom stereocenters. The van der Waals surface area contributed by atoms with E-state index in [9.17, 15) is 4.79 Å². The highest BCUT2D eigenvalue weighted by Crippen LogP contribution is 2.32. The predicted octanol–water partition coefficient (Wildman–Crippen LogP) is 5.12. The molecule has 5 nitrogen and oxygen atoms in total. The molecule has 3 fully saturated rings. The van der Waals surface area contributed by atoms with Gasteiger partial charge in [-0.05, 0) is 69.3 Å². The van der Waals surface area contributed by atoms with Gasteiger partial charge in [0.2, 0.25) is 0 Å². The van der Waals surface area contributed by atoms with Crippen LogP contribution in [-0.4, -0.2) is 59.5 Å². The molecule has 30 heavy (non-hydrogen) atoms. The van der Waals surface area contributed by atoms with Crippen molar-refractivity contribution in [2.45, 2.75) is 57.4 Å². The van der Waals surface area contributed by atoms with Crippen molar-refractivity contribution < 1.29 is 4.79 Å². The van der Waals surface area contributed by atoms with Crippen molar-refractivity contribution in [2.75, 3.05) is 38.0 Å². The van der Waals surface area contributed by atoms with Gasteiger partial charge < -0.3 is 20.1 Å². The zero-order chi connectivity index (χ0) is 20.5.